The highest BCUT2D eigenvalue weighted by molar-refractivity contribution is 5.81. The monoisotopic (exact) mass is 216 g/mol. The molecule has 15 heavy (non-hydrogen) atoms. The van der Waals surface area contributed by atoms with Gasteiger partial charge in [-0.15, -0.1) is 0 Å². The zero-order valence-electron chi connectivity index (χ0n) is 8.90. The van der Waals surface area contributed by atoms with E-state index in [1.807, 2.05) is 6.92 Å². The molecule has 1 fully saturated rings. The number of carboxylic acids is 2. The number of carboxylic acid groups (broad SMARTS) is 2. The van der Waals surface area contributed by atoms with E-state index in [-0.39, 0.29) is 12.3 Å². The highest BCUT2D eigenvalue weighted by Gasteiger charge is 2.54. The van der Waals surface area contributed by atoms with Crippen LogP contribution in [0.4, 0.5) is 0 Å². The summed E-state index contributed by atoms with van der Waals surface area (Å²) in [4.78, 5) is 21.9. The number of aliphatic carboxylic acids is 2. The highest BCUT2D eigenvalue weighted by atomic mass is 16.6. The first-order valence-corrected chi connectivity index (χ1v) is 5.12. The molecule has 0 saturated carbocycles. The fourth-order valence-corrected chi connectivity index (χ4v) is 2.24. The summed E-state index contributed by atoms with van der Waals surface area (Å²) in [5.41, 5.74) is -1.31. The minimum Gasteiger partial charge on any atom is -0.479 e. The molecular formula is C10H16O5. The Kier molecular flexibility index (Phi) is 3.34. The molecule has 0 aliphatic carbocycles. The molecule has 0 aromatic carbocycles. The summed E-state index contributed by atoms with van der Waals surface area (Å²) in [6.45, 7) is 3.56. The van der Waals surface area contributed by atoms with Crippen LogP contribution in [0, 0.1) is 5.92 Å². The molecule has 2 N–H and O–H groups in total. The number of carbonyl (C=O) groups is 2. The van der Waals surface area contributed by atoms with Crippen LogP contribution in [0.1, 0.15) is 33.1 Å². The minimum absolute atomic E-state index is 0.221. The van der Waals surface area contributed by atoms with E-state index in [2.05, 4.69) is 0 Å². The Morgan fingerprint density at radius 1 is 1.40 bits per heavy atom. The Morgan fingerprint density at radius 3 is 2.27 bits per heavy atom. The van der Waals surface area contributed by atoms with Gasteiger partial charge in [-0.05, 0) is 19.3 Å². The quantitative estimate of drug-likeness (QED) is 0.735. The van der Waals surface area contributed by atoms with Gasteiger partial charge in [0.15, 0.2) is 11.7 Å². The lowest BCUT2D eigenvalue weighted by Crippen LogP contribution is -2.44. The van der Waals surface area contributed by atoms with Crippen molar-refractivity contribution in [2.24, 2.45) is 5.92 Å². The average Bonchev–Trinajstić information content (AvgIpc) is 2.57. The van der Waals surface area contributed by atoms with Gasteiger partial charge in [0, 0.05) is 5.92 Å². The van der Waals surface area contributed by atoms with Gasteiger partial charge >= 0.3 is 11.9 Å². The summed E-state index contributed by atoms with van der Waals surface area (Å²) >= 11 is 0. The molecular weight excluding hydrogens is 200 g/mol. The Labute approximate surface area is 88.0 Å². The third kappa shape index (κ3) is 1.84. The fourth-order valence-electron chi connectivity index (χ4n) is 2.24. The van der Waals surface area contributed by atoms with Crippen LogP contribution in [0.25, 0.3) is 0 Å². The van der Waals surface area contributed by atoms with Crippen LogP contribution in [0.5, 0.6) is 0 Å². The zero-order valence-corrected chi connectivity index (χ0v) is 8.90. The fraction of sp³-hybridized carbons (Fsp3) is 0.800. The van der Waals surface area contributed by atoms with Gasteiger partial charge in [0.05, 0.1) is 0 Å². The molecule has 1 aliphatic heterocycles. The standard InChI is InChI=1S/C10H16O5/c1-3-6-5-7(8(11)12)15-10(6,4-2)9(13)14/h6-7H,3-5H2,1-2H3,(H,11,12)(H,13,14). The van der Waals surface area contributed by atoms with Crippen molar-refractivity contribution in [3.8, 4) is 0 Å². The normalized spacial score (nSPS) is 35.3. The van der Waals surface area contributed by atoms with E-state index in [0.29, 0.717) is 12.8 Å². The van der Waals surface area contributed by atoms with Crippen LogP contribution in [0.3, 0.4) is 0 Å². The molecule has 0 amide bonds. The van der Waals surface area contributed by atoms with Crippen LogP contribution in [0.2, 0.25) is 0 Å². The molecule has 0 spiro atoms. The highest BCUT2D eigenvalue weighted by Crippen LogP contribution is 2.41. The Hall–Kier alpha value is -1.10. The van der Waals surface area contributed by atoms with E-state index in [0.717, 1.165) is 0 Å². The SMILES string of the molecule is CCC1CC(C(=O)O)OC1(CC)C(=O)O. The molecule has 0 bridgehead atoms. The van der Waals surface area contributed by atoms with E-state index in [1.165, 1.54) is 0 Å². The van der Waals surface area contributed by atoms with Gasteiger partial charge in [-0.3, -0.25) is 0 Å². The molecule has 0 aromatic heterocycles. The summed E-state index contributed by atoms with van der Waals surface area (Å²) in [6.07, 6.45) is 0.214. The Balaban J connectivity index is 2.96. The maximum absolute atomic E-state index is 11.2. The second-order valence-corrected chi connectivity index (χ2v) is 3.83. The number of hydrogen-bond acceptors (Lipinski definition) is 3. The second-order valence-electron chi connectivity index (χ2n) is 3.83. The molecule has 86 valence electrons. The van der Waals surface area contributed by atoms with Crippen LogP contribution in [0.15, 0.2) is 0 Å². The van der Waals surface area contributed by atoms with Crippen molar-refractivity contribution >= 4 is 11.9 Å². The summed E-state index contributed by atoms with van der Waals surface area (Å²) in [6, 6.07) is 0. The van der Waals surface area contributed by atoms with E-state index in [9.17, 15) is 9.59 Å². The average molecular weight is 216 g/mol. The van der Waals surface area contributed by atoms with Crippen molar-refractivity contribution in [2.45, 2.75) is 44.8 Å². The van der Waals surface area contributed by atoms with Crippen molar-refractivity contribution in [1.82, 2.24) is 0 Å². The third-order valence-electron chi connectivity index (χ3n) is 3.17. The summed E-state index contributed by atoms with van der Waals surface area (Å²) in [5, 5.41) is 18.0. The molecule has 3 unspecified atom stereocenters. The third-order valence-corrected chi connectivity index (χ3v) is 3.17. The Morgan fingerprint density at radius 2 is 2.00 bits per heavy atom. The topological polar surface area (TPSA) is 83.8 Å². The van der Waals surface area contributed by atoms with Gasteiger partial charge in [-0.25, -0.2) is 9.59 Å². The number of hydrogen-bond donors (Lipinski definition) is 2. The number of rotatable bonds is 4. The van der Waals surface area contributed by atoms with Crippen molar-refractivity contribution in [3.05, 3.63) is 0 Å². The van der Waals surface area contributed by atoms with Crippen molar-refractivity contribution < 1.29 is 24.5 Å². The van der Waals surface area contributed by atoms with Crippen LogP contribution in [-0.2, 0) is 14.3 Å². The summed E-state index contributed by atoms with van der Waals surface area (Å²) in [5.74, 6) is -2.35. The van der Waals surface area contributed by atoms with Crippen molar-refractivity contribution in [2.75, 3.05) is 0 Å². The molecule has 5 nitrogen and oxygen atoms in total. The molecule has 1 aliphatic rings. The molecule has 1 saturated heterocycles. The van der Waals surface area contributed by atoms with Crippen LogP contribution >= 0.6 is 0 Å². The van der Waals surface area contributed by atoms with Gasteiger partial charge in [0.25, 0.3) is 0 Å². The van der Waals surface area contributed by atoms with Gasteiger partial charge in [0.1, 0.15) is 0 Å². The van der Waals surface area contributed by atoms with Crippen molar-refractivity contribution in [1.29, 1.82) is 0 Å². The lowest BCUT2D eigenvalue weighted by Gasteiger charge is -2.28. The van der Waals surface area contributed by atoms with Gasteiger partial charge in [-0.2, -0.15) is 0 Å². The van der Waals surface area contributed by atoms with Gasteiger partial charge < -0.3 is 14.9 Å². The smallest absolute Gasteiger partial charge is 0.336 e. The maximum Gasteiger partial charge on any atom is 0.336 e. The predicted molar refractivity (Wildman–Crippen MR) is 51.6 cm³/mol. The summed E-state index contributed by atoms with van der Waals surface area (Å²) in [7, 11) is 0. The Bertz CT molecular complexity index is 275. The molecule has 5 heteroatoms. The largest absolute Gasteiger partial charge is 0.479 e. The molecule has 3 atom stereocenters. The molecule has 1 rings (SSSR count). The molecule has 0 aromatic rings. The van der Waals surface area contributed by atoms with Gasteiger partial charge in [-0.1, -0.05) is 13.8 Å². The van der Waals surface area contributed by atoms with E-state index >= 15 is 0 Å². The molecule has 1 heterocycles. The van der Waals surface area contributed by atoms with Gasteiger partial charge in [0.2, 0.25) is 0 Å². The minimum atomic E-state index is -1.31. The van der Waals surface area contributed by atoms with E-state index < -0.39 is 23.6 Å². The second kappa shape index (κ2) is 4.18. The number of ether oxygens (including phenoxy) is 1. The van der Waals surface area contributed by atoms with Crippen LogP contribution < -0.4 is 0 Å². The zero-order chi connectivity index (χ0) is 11.6. The maximum atomic E-state index is 11.2. The lowest BCUT2D eigenvalue weighted by atomic mass is 9.83. The first-order chi connectivity index (χ1) is 6.97. The van der Waals surface area contributed by atoms with Crippen molar-refractivity contribution in [3.63, 3.8) is 0 Å². The first-order valence-electron chi connectivity index (χ1n) is 5.12. The van der Waals surface area contributed by atoms with Crippen LogP contribution in [-0.4, -0.2) is 33.9 Å². The first kappa shape index (κ1) is 12.0. The lowest BCUT2D eigenvalue weighted by molar-refractivity contribution is -0.175. The van der Waals surface area contributed by atoms with E-state index in [1.54, 1.807) is 6.92 Å². The summed E-state index contributed by atoms with van der Waals surface area (Å²) < 4.78 is 5.23. The van der Waals surface area contributed by atoms with E-state index in [4.69, 9.17) is 14.9 Å². The molecule has 0 radical (unpaired) electrons. The predicted octanol–water partition coefficient (Wildman–Crippen LogP) is 1.12.